The van der Waals surface area contributed by atoms with Crippen molar-refractivity contribution < 1.29 is 14.1 Å². The third-order valence-corrected chi connectivity index (χ3v) is 4.92. The van der Waals surface area contributed by atoms with Crippen LogP contribution in [-0.4, -0.2) is 57.4 Å². The molecule has 1 saturated carbocycles. The summed E-state index contributed by atoms with van der Waals surface area (Å²) in [4.78, 5) is 32.3. The van der Waals surface area contributed by atoms with Gasteiger partial charge in [0.15, 0.2) is 5.82 Å². The van der Waals surface area contributed by atoms with Crippen molar-refractivity contribution in [1.82, 2.24) is 19.9 Å². The highest BCUT2D eigenvalue weighted by atomic mass is 16.5. The minimum absolute atomic E-state index is 0.0353. The van der Waals surface area contributed by atoms with E-state index in [4.69, 9.17) is 4.52 Å². The molecule has 1 aromatic rings. The van der Waals surface area contributed by atoms with Crippen molar-refractivity contribution in [3.05, 3.63) is 11.7 Å². The zero-order valence-electron chi connectivity index (χ0n) is 13.8. The largest absolute Gasteiger partial charge is 0.340 e. The lowest BCUT2D eigenvalue weighted by molar-refractivity contribution is -0.138. The van der Waals surface area contributed by atoms with Gasteiger partial charge in [0.05, 0.1) is 6.04 Å². The molecule has 0 bridgehead atoms. The van der Waals surface area contributed by atoms with Gasteiger partial charge in [-0.3, -0.25) is 9.59 Å². The maximum atomic E-state index is 12.3. The van der Waals surface area contributed by atoms with Gasteiger partial charge in [0.25, 0.3) is 0 Å². The molecule has 2 amide bonds. The molecule has 1 atom stereocenters. The van der Waals surface area contributed by atoms with Crippen molar-refractivity contribution in [2.45, 2.75) is 52.0 Å². The first-order valence-corrected chi connectivity index (χ1v) is 8.40. The molecule has 7 nitrogen and oxygen atoms in total. The molecule has 0 spiro atoms. The van der Waals surface area contributed by atoms with Crippen LogP contribution in [0.1, 0.15) is 44.3 Å². The standard InChI is InChI=1S/C16H24N4O3/c1-11-17-15(18-23-11)7-9-20(12(2)21)14-6-8-19(10-14)16(22)13-4-3-5-13/h13-14H,3-10H2,1-2H3. The second-order valence-electron chi connectivity index (χ2n) is 6.55. The molecular formula is C16H24N4O3. The van der Waals surface area contributed by atoms with Gasteiger partial charge in [0, 0.05) is 45.8 Å². The van der Waals surface area contributed by atoms with Crippen LogP contribution in [0.25, 0.3) is 0 Å². The molecule has 1 aliphatic heterocycles. The summed E-state index contributed by atoms with van der Waals surface area (Å²) in [6.45, 7) is 5.30. The van der Waals surface area contributed by atoms with E-state index in [0.29, 0.717) is 31.2 Å². The monoisotopic (exact) mass is 320 g/mol. The van der Waals surface area contributed by atoms with Gasteiger partial charge >= 0.3 is 0 Å². The van der Waals surface area contributed by atoms with E-state index in [1.807, 2.05) is 9.80 Å². The summed E-state index contributed by atoms with van der Waals surface area (Å²) in [5, 5.41) is 3.87. The number of likely N-dealkylation sites (tertiary alicyclic amines) is 1. The Labute approximate surface area is 136 Å². The van der Waals surface area contributed by atoms with Crippen LogP contribution in [0.15, 0.2) is 4.52 Å². The van der Waals surface area contributed by atoms with Crippen molar-refractivity contribution in [1.29, 1.82) is 0 Å². The molecule has 126 valence electrons. The number of aryl methyl sites for hydroxylation is 1. The van der Waals surface area contributed by atoms with Gasteiger partial charge in [-0.25, -0.2) is 0 Å². The second kappa shape index (κ2) is 6.68. The molecule has 0 radical (unpaired) electrons. The number of rotatable bonds is 5. The molecule has 7 heteroatoms. The van der Waals surface area contributed by atoms with Gasteiger partial charge in [0.2, 0.25) is 17.7 Å². The highest BCUT2D eigenvalue weighted by molar-refractivity contribution is 5.80. The summed E-state index contributed by atoms with van der Waals surface area (Å²) in [5.74, 6) is 1.69. The maximum absolute atomic E-state index is 12.3. The number of carbonyl (C=O) groups excluding carboxylic acids is 2. The molecule has 1 aliphatic carbocycles. The fourth-order valence-electron chi connectivity index (χ4n) is 3.37. The van der Waals surface area contributed by atoms with Crippen molar-refractivity contribution >= 4 is 11.8 Å². The van der Waals surface area contributed by atoms with Crippen LogP contribution in [0.4, 0.5) is 0 Å². The van der Waals surface area contributed by atoms with Crippen LogP contribution in [-0.2, 0) is 16.0 Å². The Kier molecular flexibility index (Phi) is 4.63. The topological polar surface area (TPSA) is 79.5 Å². The Morgan fingerprint density at radius 3 is 2.70 bits per heavy atom. The second-order valence-corrected chi connectivity index (χ2v) is 6.55. The van der Waals surface area contributed by atoms with Gasteiger partial charge < -0.3 is 14.3 Å². The van der Waals surface area contributed by atoms with Crippen LogP contribution in [0.2, 0.25) is 0 Å². The zero-order valence-corrected chi connectivity index (χ0v) is 13.8. The van der Waals surface area contributed by atoms with E-state index < -0.39 is 0 Å². The summed E-state index contributed by atoms with van der Waals surface area (Å²) < 4.78 is 4.96. The van der Waals surface area contributed by atoms with E-state index >= 15 is 0 Å². The minimum atomic E-state index is 0.0353. The van der Waals surface area contributed by atoms with Crippen LogP contribution < -0.4 is 0 Å². The van der Waals surface area contributed by atoms with Crippen molar-refractivity contribution in [2.75, 3.05) is 19.6 Å². The molecule has 1 unspecified atom stereocenters. The zero-order chi connectivity index (χ0) is 16.4. The van der Waals surface area contributed by atoms with E-state index in [-0.39, 0.29) is 23.8 Å². The van der Waals surface area contributed by atoms with Crippen LogP contribution in [0.3, 0.4) is 0 Å². The fourth-order valence-corrected chi connectivity index (χ4v) is 3.37. The normalized spacial score (nSPS) is 21.3. The smallest absolute Gasteiger partial charge is 0.225 e. The quantitative estimate of drug-likeness (QED) is 0.813. The van der Waals surface area contributed by atoms with E-state index in [1.54, 1.807) is 13.8 Å². The fraction of sp³-hybridized carbons (Fsp3) is 0.750. The van der Waals surface area contributed by atoms with Gasteiger partial charge in [-0.05, 0) is 19.3 Å². The van der Waals surface area contributed by atoms with Crippen molar-refractivity contribution in [3.8, 4) is 0 Å². The maximum Gasteiger partial charge on any atom is 0.225 e. The first-order valence-electron chi connectivity index (χ1n) is 8.40. The van der Waals surface area contributed by atoms with Crippen LogP contribution in [0.5, 0.6) is 0 Å². The number of amides is 2. The van der Waals surface area contributed by atoms with Crippen molar-refractivity contribution in [2.24, 2.45) is 5.92 Å². The molecule has 3 rings (SSSR count). The summed E-state index contributed by atoms with van der Waals surface area (Å²) in [6, 6.07) is 0.101. The Morgan fingerprint density at radius 1 is 1.35 bits per heavy atom. The Bertz CT molecular complexity index is 582. The summed E-state index contributed by atoms with van der Waals surface area (Å²) in [5.41, 5.74) is 0. The first kappa shape index (κ1) is 16.0. The van der Waals surface area contributed by atoms with Gasteiger partial charge in [-0.2, -0.15) is 4.98 Å². The average molecular weight is 320 g/mol. The van der Waals surface area contributed by atoms with Crippen molar-refractivity contribution in [3.63, 3.8) is 0 Å². The number of carbonyl (C=O) groups is 2. The van der Waals surface area contributed by atoms with E-state index in [9.17, 15) is 9.59 Å². The molecule has 2 heterocycles. The molecule has 0 aromatic carbocycles. The average Bonchev–Trinajstić information content (AvgIpc) is 3.06. The van der Waals surface area contributed by atoms with E-state index in [2.05, 4.69) is 10.1 Å². The van der Waals surface area contributed by atoms with Gasteiger partial charge in [-0.15, -0.1) is 0 Å². The number of aromatic nitrogens is 2. The van der Waals surface area contributed by atoms with Gasteiger partial charge in [0.1, 0.15) is 0 Å². The summed E-state index contributed by atoms with van der Waals surface area (Å²) in [7, 11) is 0. The molecular weight excluding hydrogens is 296 g/mol. The highest BCUT2D eigenvalue weighted by Crippen LogP contribution is 2.30. The third kappa shape index (κ3) is 3.54. The lowest BCUT2D eigenvalue weighted by Crippen LogP contribution is -2.44. The Hall–Kier alpha value is -1.92. The SMILES string of the molecule is CC(=O)N(CCc1noc(C)n1)C1CCN(C(=O)C2CCC2)C1. The van der Waals surface area contributed by atoms with Crippen LogP contribution >= 0.6 is 0 Å². The van der Waals surface area contributed by atoms with E-state index in [1.165, 1.54) is 0 Å². The molecule has 0 N–H and O–H groups in total. The lowest BCUT2D eigenvalue weighted by atomic mass is 9.84. The number of nitrogens with zero attached hydrogens (tertiary/aromatic N) is 4. The number of hydrogen-bond acceptors (Lipinski definition) is 5. The Balaban J connectivity index is 1.56. The molecule has 23 heavy (non-hydrogen) atoms. The predicted octanol–water partition coefficient (Wildman–Crippen LogP) is 1.17. The Morgan fingerprint density at radius 2 is 2.13 bits per heavy atom. The van der Waals surface area contributed by atoms with Gasteiger partial charge in [-0.1, -0.05) is 11.6 Å². The minimum Gasteiger partial charge on any atom is -0.340 e. The molecule has 1 saturated heterocycles. The molecule has 2 fully saturated rings. The third-order valence-electron chi connectivity index (χ3n) is 4.92. The highest BCUT2D eigenvalue weighted by Gasteiger charge is 2.36. The molecule has 2 aliphatic rings. The molecule has 1 aromatic heterocycles. The van der Waals surface area contributed by atoms with Crippen LogP contribution in [0, 0.1) is 12.8 Å². The summed E-state index contributed by atoms with van der Waals surface area (Å²) >= 11 is 0. The predicted molar refractivity (Wildman–Crippen MR) is 82.5 cm³/mol. The lowest BCUT2D eigenvalue weighted by Gasteiger charge is -2.31. The number of hydrogen-bond donors (Lipinski definition) is 0. The summed E-state index contributed by atoms with van der Waals surface area (Å²) in [6.07, 6.45) is 4.63. The first-order chi connectivity index (χ1) is 11.0. The van der Waals surface area contributed by atoms with E-state index in [0.717, 1.165) is 32.2 Å².